The molecule has 0 saturated carbocycles. The fourth-order valence-electron chi connectivity index (χ4n) is 3.58. The minimum absolute atomic E-state index is 0.147. The molecule has 4 aromatic rings. The molecule has 0 aliphatic heterocycles. The average Bonchev–Trinajstić information content (AvgIpc) is 3.30. The molecule has 4 nitrogen and oxygen atoms in total. The summed E-state index contributed by atoms with van der Waals surface area (Å²) in [6, 6.07) is 7.99. The summed E-state index contributed by atoms with van der Waals surface area (Å²) in [6.45, 7) is 1.29. The molecular formula is C21H15F4N3OS. The van der Waals surface area contributed by atoms with Gasteiger partial charge in [-0.3, -0.25) is 9.78 Å². The molecule has 4 rings (SSSR count). The van der Waals surface area contributed by atoms with E-state index >= 15 is 0 Å². The van der Waals surface area contributed by atoms with Gasteiger partial charge >= 0.3 is 6.18 Å². The Kier molecular flexibility index (Phi) is 4.85. The molecule has 2 N–H and O–H groups in total. The van der Waals surface area contributed by atoms with Crippen molar-refractivity contribution in [3.63, 3.8) is 0 Å². The standard InChI is InChI=1S/C21H15F4N3OS/c1-11-5-13-6-12(18-8-27-10-30-18)7-14(20(26)29)19(13)28(11)9-15-16(21(23,24)25)3-2-4-17(15)22/h2-8,10H,9H2,1H3,(H2,26,29). The Labute approximate surface area is 172 Å². The van der Waals surface area contributed by atoms with Gasteiger partial charge in [-0.15, -0.1) is 11.3 Å². The third-order valence-electron chi connectivity index (χ3n) is 4.92. The second kappa shape index (κ2) is 7.24. The Hall–Kier alpha value is -3.20. The van der Waals surface area contributed by atoms with E-state index in [9.17, 15) is 22.4 Å². The lowest BCUT2D eigenvalue weighted by Crippen LogP contribution is -2.16. The van der Waals surface area contributed by atoms with Gasteiger partial charge in [-0.05, 0) is 42.8 Å². The fourth-order valence-corrected chi connectivity index (χ4v) is 4.19. The van der Waals surface area contributed by atoms with Gasteiger partial charge in [0.2, 0.25) is 0 Å². The highest BCUT2D eigenvalue weighted by Gasteiger charge is 2.34. The molecule has 0 aliphatic carbocycles. The Morgan fingerprint density at radius 2 is 2.00 bits per heavy atom. The van der Waals surface area contributed by atoms with Crippen molar-refractivity contribution >= 4 is 28.1 Å². The van der Waals surface area contributed by atoms with Gasteiger partial charge < -0.3 is 10.3 Å². The highest BCUT2D eigenvalue weighted by atomic mass is 32.1. The van der Waals surface area contributed by atoms with Crippen LogP contribution in [0.15, 0.2) is 48.1 Å². The second-order valence-corrected chi connectivity index (χ2v) is 7.71. The highest BCUT2D eigenvalue weighted by Crippen LogP contribution is 2.36. The first-order valence-electron chi connectivity index (χ1n) is 8.84. The number of nitrogens with two attached hydrogens (primary N) is 1. The van der Waals surface area contributed by atoms with E-state index in [2.05, 4.69) is 4.98 Å². The van der Waals surface area contributed by atoms with Crippen LogP contribution in [0.3, 0.4) is 0 Å². The Morgan fingerprint density at radius 1 is 1.23 bits per heavy atom. The minimum atomic E-state index is -4.71. The van der Waals surface area contributed by atoms with E-state index in [1.807, 2.05) is 6.07 Å². The summed E-state index contributed by atoms with van der Waals surface area (Å²) in [5, 5.41) is 0.622. The van der Waals surface area contributed by atoms with Gasteiger partial charge in [-0.1, -0.05) is 6.07 Å². The Bertz CT molecular complexity index is 1260. The molecular weight excluding hydrogens is 418 g/mol. The van der Waals surface area contributed by atoms with Gasteiger partial charge in [0, 0.05) is 22.8 Å². The maximum absolute atomic E-state index is 14.4. The van der Waals surface area contributed by atoms with Crippen LogP contribution in [0.5, 0.6) is 0 Å². The molecule has 0 atom stereocenters. The van der Waals surface area contributed by atoms with Crippen molar-refractivity contribution in [1.29, 1.82) is 0 Å². The zero-order chi connectivity index (χ0) is 21.6. The number of benzene rings is 2. The third-order valence-corrected chi connectivity index (χ3v) is 5.74. The Morgan fingerprint density at radius 3 is 2.63 bits per heavy atom. The summed E-state index contributed by atoms with van der Waals surface area (Å²) >= 11 is 1.38. The van der Waals surface area contributed by atoms with Crippen molar-refractivity contribution in [2.24, 2.45) is 5.73 Å². The molecule has 9 heteroatoms. The quantitative estimate of drug-likeness (QED) is 0.440. The molecule has 2 aromatic carbocycles. The Balaban J connectivity index is 1.94. The molecule has 2 aromatic heterocycles. The largest absolute Gasteiger partial charge is 0.416 e. The average molecular weight is 433 g/mol. The maximum atomic E-state index is 14.4. The number of hydrogen-bond acceptors (Lipinski definition) is 3. The number of fused-ring (bicyclic) bond motifs is 1. The number of rotatable bonds is 4. The number of carbonyl (C=O) groups is 1. The van der Waals surface area contributed by atoms with E-state index in [1.165, 1.54) is 15.9 Å². The lowest BCUT2D eigenvalue weighted by Gasteiger charge is -2.17. The van der Waals surface area contributed by atoms with Gasteiger partial charge in [-0.2, -0.15) is 13.2 Å². The zero-order valence-corrected chi connectivity index (χ0v) is 16.4. The molecule has 0 saturated heterocycles. The molecule has 1 amide bonds. The number of carbonyl (C=O) groups excluding carboxylic acids is 1. The second-order valence-electron chi connectivity index (χ2n) is 6.83. The number of nitrogens with zero attached hydrogens (tertiary/aromatic N) is 2. The lowest BCUT2D eigenvalue weighted by atomic mass is 10.0. The summed E-state index contributed by atoms with van der Waals surface area (Å²) in [4.78, 5) is 17.0. The van der Waals surface area contributed by atoms with Crippen LogP contribution in [0.2, 0.25) is 0 Å². The first kappa shape index (κ1) is 20.1. The predicted molar refractivity (Wildman–Crippen MR) is 107 cm³/mol. The number of thiazole rings is 1. The number of hydrogen-bond donors (Lipinski definition) is 1. The van der Waals surface area contributed by atoms with Crippen LogP contribution in [0.1, 0.15) is 27.2 Å². The van der Waals surface area contributed by atoms with Crippen molar-refractivity contribution in [2.75, 3.05) is 0 Å². The van der Waals surface area contributed by atoms with Gasteiger partial charge in [0.25, 0.3) is 5.91 Å². The van der Waals surface area contributed by atoms with E-state index in [-0.39, 0.29) is 5.56 Å². The van der Waals surface area contributed by atoms with E-state index in [4.69, 9.17) is 5.73 Å². The van der Waals surface area contributed by atoms with Crippen molar-refractivity contribution < 1.29 is 22.4 Å². The monoisotopic (exact) mass is 433 g/mol. The highest BCUT2D eigenvalue weighted by molar-refractivity contribution is 7.13. The molecule has 0 aliphatic rings. The number of aromatic nitrogens is 2. The number of alkyl halides is 3. The van der Waals surface area contributed by atoms with E-state index < -0.39 is 35.6 Å². The van der Waals surface area contributed by atoms with Gasteiger partial charge in [-0.25, -0.2) is 4.39 Å². The third kappa shape index (κ3) is 3.45. The topological polar surface area (TPSA) is 60.9 Å². The van der Waals surface area contributed by atoms with Crippen LogP contribution in [0.25, 0.3) is 21.3 Å². The number of halogens is 4. The normalized spacial score (nSPS) is 11.9. The maximum Gasteiger partial charge on any atom is 0.416 e. The first-order valence-corrected chi connectivity index (χ1v) is 9.72. The van der Waals surface area contributed by atoms with Gasteiger partial charge in [0.05, 0.1) is 33.6 Å². The zero-order valence-electron chi connectivity index (χ0n) is 15.6. The molecule has 0 unspecified atom stereocenters. The molecule has 0 bridgehead atoms. The molecule has 30 heavy (non-hydrogen) atoms. The molecule has 0 radical (unpaired) electrons. The van der Waals surface area contributed by atoms with Crippen LogP contribution in [-0.4, -0.2) is 15.5 Å². The minimum Gasteiger partial charge on any atom is -0.366 e. The molecule has 0 fully saturated rings. The van der Waals surface area contributed by atoms with Crippen LogP contribution in [-0.2, 0) is 12.7 Å². The van der Waals surface area contributed by atoms with Crippen molar-refractivity contribution in [2.45, 2.75) is 19.6 Å². The predicted octanol–water partition coefficient (Wildman–Crippen LogP) is 5.38. The van der Waals surface area contributed by atoms with Crippen molar-refractivity contribution in [3.8, 4) is 10.4 Å². The van der Waals surface area contributed by atoms with Gasteiger partial charge in [0.15, 0.2) is 0 Å². The lowest BCUT2D eigenvalue weighted by molar-refractivity contribution is -0.138. The van der Waals surface area contributed by atoms with E-state index in [0.717, 1.165) is 28.6 Å². The SMILES string of the molecule is Cc1cc2cc(-c3cncs3)cc(C(N)=O)c2n1Cc1c(F)cccc1C(F)(F)F. The van der Waals surface area contributed by atoms with Crippen molar-refractivity contribution in [1.82, 2.24) is 9.55 Å². The number of amides is 1. The van der Waals surface area contributed by atoms with Crippen LogP contribution < -0.4 is 5.73 Å². The molecule has 154 valence electrons. The first-order chi connectivity index (χ1) is 14.2. The number of aryl methyl sites for hydroxylation is 1. The summed E-state index contributed by atoms with van der Waals surface area (Å²) in [5.41, 5.74) is 7.50. The van der Waals surface area contributed by atoms with Crippen LogP contribution in [0.4, 0.5) is 17.6 Å². The number of primary amides is 1. The van der Waals surface area contributed by atoms with Crippen LogP contribution in [0, 0.1) is 12.7 Å². The van der Waals surface area contributed by atoms with E-state index in [1.54, 1.807) is 30.8 Å². The molecule has 2 heterocycles. The van der Waals surface area contributed by atoms with E-state index in [0.29, 0.717) is 16.6 Å². The van der Waals surface area contributed by atoms with Gasteiger partial charge in [0.1, 0.15) is 5.82 Å². The smallest absolute Gasteiger partial charge is 0.366 e. The summed E-state index contributed by atoms with van der Waals surface area (Å²) in [7, 11) is 0. The summed E-state index contributed by atoms with van der Waals surface area (Å²) in [5.74, 6) is -1.69. The summed E-state index contributed by atoms with van der Waals surface area (Å²) in [6.07, 6.45) is -3.06. The molecule has 0 spiro atoms. The van der Waals surface area contributed by atoms with Crippen LogP contribution >= 0.6 is 11.3 Å². The summed E-state index contributed by atoms with van der Waals surface area (Å²) < 4.78 is 56.2. The fraction of sp³-hybridized carbons (Fsp3) is 0.143. The van der Waals surface area contributed by atoms with Crippen molar-refractivity contribution in [3.05, 3.63) is 76.3 Å².